The fourth-order valence-corrected chi connectivity index (χ4v) is 2.22. The van der Waals surface area contributed by atoms with Crippen molar-refractivity contribution in [2.45, 2.75) is 6.61 Å². The zero-order chi connectivity index (χ0) is 15.4. The molecule has 0 saturated carbocycles. The lowest BCUT2D eigenvalue weighted by Crippen LogP contribution is -2.02. The van der Waals surface area contributed by atoms with E-state index in [4.69, 9.17) is 27.9 Å². The van der Waals surface area contributed by atoms with E-state index in [1.807, 2.05) is 12.1 Å². The van der Waals surface area contributed by atoms with Crippen LogP contribution in [-0.4, -0.2) is 17.0 Å². The van der Waals surface area contributed by atoms with Crippen molar-refractivity contribution in [3.63, 3.8) is 0 Å². The quantitative estimate of drug-likeness (QED) is 0.665. The lowest BCUT2D eigenvalue weighted by atomic mass is 10.3. The molecule has 0 aliphatic rings. The third-order valence-electron chi connectivity index (χ3n) is 2.62. The zero-order valence-corrected chi connectivity index (χ0v) is 12.5. The van der Waals surface area contributed by atoms with E-state index >= 15 is 0 Å². The van der Waals surface area contributed by atoms with Crippen molar-refractivity contribution >= 4 is 34.7 Å². The van der Waals surface area contributed by atoms with E-state index in [0.29, 0.717) is 11.5 Å². The second-order valence-electron chi connectivity index (χ2n) is 4.05. The molecule has 0 aliphatic carbocycles. The summed E-state index contributed by atoms with van der Waals surface area (Å²) in [4.78, 5) is 14.4. The molecule has 0 spiro atoms. The molecule has 0 bridgehead atoms. The van der Waals surface area contributed by atoms with Crippen LogP contribution in [0.5, 0.6) is 5.75 Å². The molecular formula is C13H11Cl2N3O3. The number of hydrogen-bond acceptors (Lipinski definition) is 5. The van der Waals surface area contributed by atoms with Crippen molar-refractivity contribution in [2.75, 3.05) is 12.4 Å². The molecule has 2 rings (SSSR count). The van der Waals surface area contributed by atoms with E-state index in [2.05, 4.69) is 10.3 Å². The predicted molar refractivity (Wildman–Crippen MR) is 81.2 cm³/mol. The number of nitro groups is 1. The average Bonchev–Trinajstić information content (AvgIpc) is 2.46. The summed E-state index contributed by atoms with van der Waals surface area (Å²) in [6.45, 7) is 0.146. The van der Waals surface area contributed by atoms with Crippen molar-refractivity contribution in [1.82, 2.24) is 4.98 Å². The Hall–Kier alpha value is -2.05. The number of ether oxygens (including phenoxy) is 1. The molecule has 0 radical (unpaired) electrons. The summed E-state index contributed by atoms with van der Waals surface area (Å²) in [5.41, 5.74) is 0.486. The predicted octanol–water partition coefficient (Wildman–Crippen LogP) is 3.92. The van der Waals surface area contributed by atoms with Crippen molar-refractivity contribution in [3.05, 3.63) is 56.2 Å². The molecule has 21 heavy (non-hydrogen) atoms. The first kappa shape index (κ1) is 15.3. The molecule has 0 atom stereocenters. The SMILES string of the molecule is CNc1cccc(COc2c(Cl)cc([N+](=O)[O-])cc2Cl)n1. The Morgan fingerprint density at radius 1 is 1.33 bits per heavy atom. The minimum atomic E-state index is -0.570. The second kappa shape index (κ2) is 6.60. The van der Waals surface area contributed by atoms with E-state index in [9.17, 15) is 10.1 Å². The average molecular weight is 328 g/mol. The highest BCUT2D eigenvalue weighted by Crippen LogP contribution is 2.37. The van der Waals surface area contributed by atoms with Gasteiger partial charge in [0, 0.05) is 19.2 Å². The van der Waals surface area contributed by atoms with Crippen LogP contribution in [0.15, 0.2) is 30.3 Å². The normalized spacial score (nSPS) is 10.2. The first-order valence-corrected chi connectivity index (χ1v) is 6.66. The summed E-state index contributed by atoms with van der Waals surface area (Å²) in [5, 5.41) is 13.8. The number of nitro benzene ring substituents is 1. The molecule has 1 N–H and O–H groups in total. The molecule has 0 saturated heterocycles. The minimum absolute atomic E-state index is 0.0824. The number of anilines is 1. The Kier molecular flexibility index (Phi) is 4.82. The van der Waals surface area contributed by atoms with Crippen molar-refractivity contribution in [2.24, 2.45) is 0 Å². The molecule has 2 aromatic rings. The summed E-state index contributed by atoms with van der Waals surface area (Å²) in [5.74, 6) is 0.901. The summed E-state index contributed by atoms with van der Waals surface area (Å²) in [7, 11) is 1.76. The molecular weight excluding hydrogens is 317 g/mol. The van der Waals surface area contributed by atoms with Gasteiger partial charge in [0.2, 0.25) is 0 Å². The van der Waals surface area contributed by atoms with E-state index in [1.165, 1.54) is 12.1 Å². The van der Waals surface area contributed by atoms with Crippen LogP contribution in [0.4, 0.5) is 11.5 Å². The highest BCUT2D eigenvalue weighted by molar-refractivity contribution is 6.37. The summed E-state index contributed by atoms with van der Waals surface area (Å²) in [6.07, 6.45) is 0. The summed E-state index contributed by atoms with van der Waals surface area (Å²) >= 11 is 11.9. The number of hydrogen-bond donors (Lipinski definition) is 1. The molecule has 8 heteroatoms. The van der Waals surface area contributed by atoms with Crippen molar-refractivity contribution in [1.29, 1.82) is 0 Å². The van der Waals surface area contributed by atoms with Crippen LogP contribution in [-0.2, 0) is 6.61 Å². The number of nitrogens with zero attached hydrogens (tertiary/aromatic N) is 2. The van der Waals surface area contributed by atoms with Crippen LogP contribution in [0.3, 0.4) is 0 Å². The number of nitrogens with one attached hydrogen (secondary N) is 1. The minimum Gasteiger partial charge on any atom is -0.484 e. The number of pyridine rings is 1. The fourth-order valence-electron chi connectivity index (χ4n) is 1.64. The van der Waals surface area contributed by atoms with Gasteiger partial charge in [-0.05, 0) is 12.1 Å². The molecule has 0 fully saturated rings. The zero-order valence-electron chi connectivity index (χ0n) is 11.0. The maximum Gasteiger partial charge on any atom is 0.272 e. The van der Waals surface area contributed by atoms with Crippen LogP contribution in [0.1, 0.15) is 5.69 Å². The Morgan fingerprint density at radius 3 is 2.57 bits per heavy atom. The van der Waals surface area contributed by atoms with Crippen LogP contribution in [0.25, 0.3) is 0 Å². The summed E-state index contributed by atoms with van der Waals surface area (Å²) < 4.78 is 5.51. The second-order valence-corrected chi connectivity index (χ2v) is 4.86. The van der Waals surface area contributed by atoms with Gasteiger partial charge in [-0.1, -0.05) is 29.3 Å². The number of rotatable bonds is 5. The van der Waals surface area contributed by atoms with Crippen molar-refractivity contribution in [3.8, 4) is 5.75 Å². The highest BCUT2D eigenvalue weighted by atomic mass is 35.5. The smallest absolute Gasteiger partial charge is 0.272 e. The molecule has 110 valence electrons. The van der Waals surface area contributed by atoms with E-state index in [1.54, 1.807) is 13.1 Å². The van der Waals surface area contributed by atoms with E-state index < -0.39 is 4.92 Å². The molecule has 0 aliphatic heterocycles. The first-order valence-electron chi connectivity index (χ1n) is 5.91. The largest absolute Gasteiger partial charge is 0.484 e. The van der Waals surface area contributed by atoms with E-state index in [0.717, 1.165) is 0 Å². The van der Waals surface area contributed by atoms with E-state index in [-0.39, 0.29) is 28.1 Å². The maximum absolute atomic E-state index is 10.7. The van der Waals surface area contributed by atoms with Gasteiger partial charge in [0.1, 0.15) is 12.4 Å². The van der Waals surface area contributed by atoms with Gasteiger partial charge in [-0.25, -0.2) is 4.98 Å². The van der Waals surface area contributed by atoms with Gasteiger partial charge in [0.25, 0.3) is 5.69 Å². The Labute approximate surface area is 130 Å². The number of aromatic nitrogens is 1. The van der Waals surface area contributed by atoms with Gasteiger partial charge in [-0.3, -0.25) is 10.1 Å². The monoisotopic (exact) mass is 327 g/mol. The molecule has 1 heterocycles. The molecule has 6 nitrogen and oxygen atoms in total. The van der Waals surface area contributed by atoms with Crippen LogP contribution in [0, 0.1) is 10.1 Å². The Morgan fingerprint density at radius 2 is 2.00 bits per heavy atom. The van der Waals surface area contributed by atoms with Crippen LogP contribution >= 0.6 is 23.2 Å². The van der Waals surface area contributed by atoms with Gasteiger partial charge in [0.15, 0.2) is 5.75 Å². The van der Waals surface area contributed by atoms with Gasteiger partial charge in [-0.2, -0.15) is 0 Å². The number of non-ortho nitro benzene ring substituents is 1. The van der Waals surface area contributed by atoms with Gasteiger partial charge >= 0.3 is 0 Å². The molecule has 0 amide bonds. The third-order valence-corrected chi connectivity index (χ3v) is 3.18. The lowest BCUT2D eigenvalue weighted by molar-refractivity contribution is -0.384. The van der Waals surface area contributed by atoms with Gasteiger partial charge < -0.3 is 10.1 Å². The molecule has 1 aromatic carbocycles. The highest BCUT2D eigenvalue weighted by Gasteiger charge is 2.16. The van der Waals surface area contributed by atoms with Gasteiger partial charge in [0.05, 0.1) is 20.7 Å². The third kappa shape index (κ3) is 3.74. The topological polar surface area (TPSA) is 77.3 Å². The summed E-state index contributed by atoms with van der Waals surface area (Å²) in [6, 6.07) is 7.82. The Bertz CT molecular complexity index is 656. The maximum atomic E-state index is 10.7. The van der Waals surface area contributed by atoms with Crippen LogP contribution < -0.4 is 10.1 Å². The van der Waals surface area contributed by atoms with Gasteiger partial charge in [-0.15, -0.1) is 0 Å². The van der Waals surface area contributed by atoms with Crippen LogP contribution in [0.2, 0.25) is 10.0 Å². The standard InChI is InChI=1S/C13H11Cl2N3O3/c1-16-12-4-2-3-8(17-12)7-21-13-10(14)5-9(18(19)20)6-11(13)15/h2-6H,7H2,1H3,(H,16,17). The molecule has 0 unspecified atom stereocenters. The number of halogens is 2. The van der Waals surface area contributed by atoms with Crippen molar-refractivity contribution < 1.29 is 9.66 Å². The first-order chi connectivity index (χ1) is 10.0. The molecule has 1 aromatic heterocycles. The number of benzene rings is 1. The Balaban J connectivity index is 2.18. The fraction of sp³-hybridized carbons (Fsp3) is 0.154. The lowest BCUT2D eigenvalue weighted by Gasteiger charge is -2.10.